The second-order valence-electron chi connectivity index (χ2n) is 5.00. The van der Waals surface area contributed by atoms with E-state index in [0.717, 1.165) is 31.7 Å². The fraction of sp³-hybridized carbons (Fsp3) is 0.643. The van der Waals surface area contributed by atoms with Gasteiger partial charge in [-0.2, -0.15) is 0 Å². The van der Waals surface area contributed by atoms with E-state index in [9.17, 15) is 5.11 Å². The standard InChI is InChI=1S/C14H23N3O2/c1-19-14-8-12(4-5-16-14)9-15-10-13(18)11-17-6-2-3-7-17/h4-5,8,13,15,18H,2-3,6-7,9-11H2,1H3. The Kier molecular flexibility index (Phi) is 5.57. The number of pyridine rings is 1. The van der Waals surface area contributed by atoms with Crippen molar-refractivity contribution in [1.82, 2.24) is 15.2 Å². The lowest BCUT2D eigenvalue weighted by Gasteiger charge is -2.19. The number of hydrogen-bond acceptors (Lipinski definition) is 5. The molecule has 5 nitrogen and oxygen atoms in total. The quantitative estimate of drug-likeness (QED) is 0.757. The summed E-state index contributed by atoms with van der Waals surface area (Å²) in [7, 11) is 1.61. The lowest BCUT2D eigenvalue weighted by molar-refractivity contribution is 0.123. The van der Waals surface area contributed by atoms with E-state index < -0.39 is 0 Å². The number of methoxy groups -OCH3 is 1. The number of rotatable bonds is 7. The highest BCUT2D eigenvalue weighted by Crippen LogP contribution is 2.09. The van der Waals surface area contributed by atoms with Gasteiger partial charge in [0.1, 0.15) is 0 Å². The van der Waals surface area contributed by atoms with Crippen LogP contribution in [-0.2, 0) is 6.54 Å². The lowest BCUT2D eigenvalue weighted by Crippen LogP contribution is -2.36. The van der Waals surface area contributed by atoms with Gasteiger partial charge in [-0.25, -0.2) is 4.98 Å². The number of aliphatic hydroxyl groups excluding tert-OH is 1. The Bertz CT molecular complexity index is 381. The molecule has 0 amide bonds. The van der Waals surface area contributed by atoms with E-state index in [1.807, 2.05) is 12.1 Å². The summed E-state index contributed by atoms with van der Waals surface area (Å²) in [5, 5.41) is 13.2. The van der Waals surface area contributed by atoms with Crippen LogP contribution in [0.15, 0.2) is 18.3 Å². The van der Waals surface area contributed by atoms with Gasteiger partial charge in [-0.1, -0.05) is 0 Å². The summed E-state index contributed by atoms with van der Waals surface area (Å²) in [4.78, 5) is 6.38. The van der Waals surface area contributed by atoms with Crippen molar-refractivity contribution in [2.45, 2.75) is 25.5 Å². The van der Waals surface area contributed by atoms with Crippen molar-refractivity contribution in [3.8, 4) is 5.88 Å². The van der Waals surface area contributed by atoms with Crippen molar-refractivity contribution in [1.29, 1.82) is 0 Å². The Hall–Kier alpha value is -1.17. The average Bonchev–Trinajstić information content (AvgIpc) is 2.92. The second-order valence-corrected chi connectivity index (χ2v) is 5.00. The number of nitrogens with one attached hydrogen (secondary N) is 1. The maximum atomic E-state index is 9.95. The van der Waals surface area contributed by atoms with Crippen molar-refractivity contribution >= 4 is 0 Å². The molecule has 1 saturated heterocycles. The van der Waals surface area contributed by atoms with Crippen LogP contribution in [0.4, 0.5) is 0 Å². The van der Waals surface area contributed by atoms with E-state index in [1.165, 1.54) is 12.8 Å². The van der Waals surface area contributed by atoms with E-state index in [1.54, 1.807) is 13.3 Å². The SMILES string of the molecule is COc1cc(CNCC(O)CN2CCCC2)ccn1. The van der Waals surface area contributed by atoms with Crippen LogP contribution in [0.1, 0.15) is 18.4 Å². The van der Waals surface area contributed by atoms with Crippen LogP contribution in [0, 0.1) is 0 Å². The molecule has 1 aromatic rings. The monoisotopic (exact) mass is 265 g/mol. The minimum absolute atomic E-state index is 0.304. The van der Waals surface area contributed by atoms with Crippen LogP contribution in [0.5, 0.6) is 5.88 Å². The van der Waals surface area contributed by atoms with Gasteiger partial charge in [0.05, 0.1) is 13.2 Å². The maximum absolute atomic E-state index is 9.95. The zero-order chi connectivity index (χ0) is 13.5. The zero-order valence-corrected chi connectivity index (χ0v) is 11.5. The number of aromatic nitrogens is 1. The van der Waals surface area contributed by atoms with Crippen LogP contribution in [0.3, 0.4) is 0 Å². The summed E-state index contributed by atoms with van der Waals surface area (Å²) in [6, 6.07) is 3.85. The summed E-state index contributed by atoms with van der Waals surface area (Å²) in [5.41, 5.74) is 1.11. The molecule has 1 fully saturated rings. The molecule has 1 aromatic heterocycles. The molecule has 0 aliphatic carbocycles. The van der Waals surface area contributed by atoms with Crippen LogP contribution < -0.4 is 10.1 Å². The Morgan fingerprint density at radius 2 is 2.26 bits per heavy atom. The highest BCUT2D eigenvalue weighted by molar-refractivity contribution is 5.20. The average molecular weight is 265 g/mol. The van der Waals surface area contributed by atoms with Gasteiger partial charge in [-0.15, -0.1) is 0 Å². The molecule has 1 aliphatic rings. The molecule has 106 valence electrons. The first-order valence-corrected chi connectivity index (χ1v) is 6.88. The molecule has 2 rings (SSSR count). The molecular weight excluding hydrogens is 242 g/mol. The topological polar surface area (TPSA) is 57.6 Å². The van der Waals surface area contributed by atoms with E-state index >= 15 is 0 Å². The molecule has 0 bridgehead atoms. The first-order chi connectivity index (χ1) is 9.28. The van der Waals surface area contributed by atoms with Gasteiger partial charge in [0.15, 0.2) is 0 Å². The number of β-amino-alcohol motifs (C(OH)–C–C–N with tert-alkyl or cyclic N) is 1. The van der Waals surface area contributed by atoms with Crippen molar-refractivity contribution in [2.75, 3.05) is 33.3 Å². The van der Waals surface area contributed by atoms with Gasteiger partial charge in [0.2, 0.25) is 5.88 Å². The molecule has 1 atom stereocenters. The largest absolute Gasteiger partial charge is 0.481 e. The van der Waals surface area contributed by atoms with Crippen LogP contribution in [0.25, 0.3) is 0 Å². The van der Waals surface area contributed by atoms with E-state index in [2.05, 4.69) is 15.2 Å². The molecule has 19 heavy (non-hydrogen) atoms. The first-order valence-electron chi connectivity index (χ1n) is 6.88. The summed E-state index contributed by atoms with van der Waals surface area (Å²) >= 11 is 0. The second kappa shape index (κ2) is 7.43. The molecule has 2 heterocycles. The number of likely N-dealkylation sites (tertiary alicyclic amines) is 1. The van der Waals surface area contributed by atoms with Gasteiger partial charge in [-0.3, -0.25) is 0 Å². The van der Waals surface area contributed by atoms with Crippen LogP contribution in [-0.4, -0.2) is 54.4 Å². The molecule has 2 N–H and O–H groups in total. The summed E-state index contributed by atoms with van der Waals surface area (Å²) < 4.78 is 5.08. The predicted octanol–water partition coefficient (Wildman–Crippen LogP) is 0.636. The smallest absolute Gasteiger partial charge is 0.213 e. The van der Waals surface area contributed by atoms with Crippen molar-refractivity contribution in [3.63, 3.8) is 0 Å². The first kappa shape index (κ1) is 14.2. The highest BCUT2D eigenvalue weighted by Gasteiger charge is 2.15. The maximum Gasteiger partial charge on any atom is 0.213 e. The number of aliphatic hydroxyl groups is 1. The molecule has 1 unspecified atom stereocenters. The minimum atomic E-state index is -0.304. The fourth-order valence-electron chi connectivity index (χ4n) is 2.38. The van der Waals surface area contributed by atoms with Crippen molar-refractivity contribution in [2.24, 2.45) is 0 Å². The highest BCUT2D eigenvalue weighted by atomic mass is 16.5. The van der Waals surface area contributed by atoms with Crippen molar-refractivity contribution < 1.29 is 9.84 Å². The zero-order valence-electron chi connectivity index (χ0n) is 11.5. The summed E-state index contributed by atoms with van der Waals surface area (Å²) in [5.74, 6) is 0.622. The molecule has 5 heteroatoms. The number of ether oxygens (including phenoxy) is 1. The Labute approximate surface area is 114 Å². The molecule has 0 spiro atoms. The van der Waals surface area contributed by atoms with E-state index in [0.29, 0.717) is 12.4 Å². The number of hydrogen-bond donors (Lipinski definition) is 2. The molecule has 0 aromatic carbocycles. The molecule has 1 aliphatic heterocycles. The van der Waals surface area contributed by atoms with E-state index in [-0.39, 0.29) is 6.10 Å². The normalized spacial score (nSPS) is 17.6. The third kappa shape index (κ3) is 4.78. The lowest BCUT2D eigenvalue weighted by atomic mass is 10.2. The van der Waals surface area contributed by atoms with Crippen molar-refractivity contribution in [3.05, 3.63) is 23.9 Å². The molecular formula is C14H23N3O2. The van der Waals surface area contributed by atoms with E-state index in [4.69, 9.17) is 4.74 Å². The van der Waals surface area contributed by atoms with Gasteiger partial charge in [0.25, 0.3) is 0 Å². The van der Waals surface area contributed by atoms with Gasteiger partial charge in [0, 0.05) is 31.9 Å². The van der Waals surface area contributed by atoms with Gasteiger partial charge >= 0.3 is 0 Å². The Balaban J connectivity index is 1.67. The number of nitrogens with zero attached hydrogens (tertiary/aromatic N) is 2. The summed E-state index contributed by atoms with van der Waals surface area (Å²) in [6.45, 7) is 4.35. The van der Waals surface area contributed by atoms with Crippen LogP contribution in [0.2, 0.25) is 0 Å². The minimum Gasteiger partial charge on any atom is -0.481 e. The predicted molar refractivity (Wildman–Crippen MR) is 74.2 cm³/mol. The Morgan fingerprint density at radius 1 is 1.47 bits per heavy atom. The Morgan fingerprint density at radius 3 is 3.00 bits per heavy atom. The van der Waals surface area contributed by atoms with Gasteiger partial charge < -0.3 is 20.1 Å². The van der Waals surface area contributed by atoms with Gasteiger partial charge in [-0.05, 0) is 37.6 Å². The summed E-state index contributed by atoms with van der Waals surface area (Å²) in [6.07, 6.45) is 3.95. The molecule has 0 radical (unpaired) electrons. The third-order valence-electron chi connectivity index (χ3n) is 3.39. The van der Waals surface area contributed by atoms with Crippen LogP contribution >= 0.6 is 0 Å². The third-order valence-corrected chi connectivity index (χ3v) is 3.39. The fourth-order valence-corrected chi connectivity index (χ4v) is 2.38. The molecule has 0 saturated carbocycles.